The molecule has 1 fully saturated rings. The summed E-state index contributed by atoms with van der Waals surface area (Å²) in [6.07, 6.45) is 7.00. The number of aromatic nitrogens is 1. The summed E-state index contributed by atoms with van der Waals surface area (Å²) in [7, 11) is 0. The van der Waals surface area contributed by atoms with Gasteiger partial charge >= 0.3 is 0 Å². The number of nitrogens with zero attached hydrogens (tertiary/aromatic N) is 2. The molecule has 1 aromatic heterocycles. The third-order valence-electron chi connectivity index (χ3n) is 4.28. The lowest BCUT2D eigenvalue weighted by Crippen LogP contribution is -2.28. The normalized spacial score (nSPS) is 15.8. The van der Waals surface area contributed by atoms with Crippen LogP contribution in [0, 0.1) is 33.1 Å². The standard InChI is InChI=1S/C20H17BrN2O2S/c1-5-8-22-19(24)18(26-20(22)25)11-15-10-13(3)23(14(15)4)16-6-7-17(21)12(2)9-16/h1,6-7,9-11H,8H2,2-4H3/b18-11-. The number of benzene rings is 1. The average Bonchev–Trinajstić information content (AvgIpc) is 3.01. The maximum absolute atomic E-state index is 12.4. The summed E-state index contributed by atoms with van der Waals surface area (Å²) < 4.78 is 3.20. The van der Waals surface area contributed by atoms with Gasteiger partial charge in [0.1, 0.15) is 0 Å². The lowest BCUT2D eigenvalue weighted by molar-refractivity contribution is -0.122. The van der Waals surface area contributed by atoms with Crippen molar-refractivity contribution in [3.8, 4) is 18.0 Å². The van der Waals surface area contributed by atoms with Crippen LogP contribution in [0.15, 0.2) is 33.6 Å². The van der Waals surface area contributed by atoms with E-state index in [1.807, 2.05) is 39.0 Å². The number of aryl methyl sites for hydroxylation is 2. The van der Waals surface area contributed by atoms with Crippen molar-refractivity contribution in [3.05, 3.63) is 56.2 Å². The zero-order valence-corrected chi connectivity index (χ0v) is 17.1. The monoisotopic (exact) mass is 428 g/mol. The Hall–Kier alpha value is -2.23. The SMILES string of the molecule is C#CCN1C(=O)S/C(=C\c2cc(C)n(-c3ccc(Br)c(C)c3)c2C)C1=O. The highest BCUT2D eigenvalue weighted by Gasteiger charge is 2.34. The van der Waals surface area contributed by atoms with E-state index in [0.29, 0.717) is 4.91 Å². The molecule has 3 rings (SSSR count). The summed E-state index contributed by atoms with van der Waals surface area (Å²) >= 11 is 4.45. The van der Waals surface area contributed by atoms with Crippen LogP contribution >= 0.6 is 27.7 Å². The van der Waals surface area contributed by atoms with Gasteiger partial charge in [-0.3, -0.25) is 14.5 Å². The van der Waals surface area contributed by atoms with Crippen molar-refractivity contribution in [1.82, 2.24) is 9.47 Å². The van der Waals surface area contributed by atoms with Gasteiger partial charge in [-0.2, -0.15) is 0 Å². The van der Waals surface area contributed by atoms with Crippen LogP contribution in [-0.2, 0) is 4.79 Å². The number of amides is 2. The molecule has 2 heterocycles. The second-order valence-electron chi connectivity index (χ2n) is 6.07. The van der Waals surface area contributed by atoms with E-state index in [4.69, 9.17) is 6.42 Å². The molecular weight excluding hydrogens is 412 g/mol. The van der Waals surface area contributed by atoms with Gasteiger partial charge in [0.15, 0.2) is 0 Å². The largest absolute Gasteiger partial charge is 0.318 e. The van der Waals surface area contributed by atoms with E-state index >= 15 is 0 Å². The van der Waals surface area contributed by atoms with E-state index in [1.165, 1.54) is 0 Å². The Labute approximate surface area is 165 Å². The van der Waals surface area contributed by atoms with Crippen LogP contribution in [0.3, 0.4) is 0 Å². The minimum Gasteiger partial charge on any atom is -0.318 e. The van der Waals surface area contributed by atoms with E-state index in [0.717, 1.165) is 49.3 Å². The number of hydrogen-bond donors (Lipinski definition) is 0. The molecule has 0 atom stereocenters. The van der Waals surface area contributed by atoms with Crippen LogP contribution < -0.4 is 0 Å². The Morgan fingerprint density at radius 3 is 2.62 bits per heavy atom. The van der Waals surface area contributed by atoms with E-state index < -0.39 is 0 Å². The van der Waals surface area contributed by atoms with E-state index in [1.54, 1.807) is 6.08 Å². The van der Waals surface area contributed by atoms with Gasteiger partial charge in [0, 0.05) is 21.5 Å². The van der Waals surface area contributed by atoms with Gasteiger partial charge in [-0.05, 0) is 74.0 Å². The van der Waals surface area contributed by atoms with E-state index in [-0.39, 0.29) is 17.7 Å². The molecule has 0 unspecified atom stereocenters. The van der Waals surface area contributed by atoms with Crippen molar-refractivity contribution in [2.45, 2.75) is 20.8 Å². The second kappa shape index (κ2) is 7.18. The Morgan fingerprint density at radius 1 is 1.23 bits per heavy atom. The van der Waals surface area contributed by atoms with Crippen molar-refractivity contribution in [2.24, 2.45) is 0 Å². The number of imide groups is 1. The topological polar surface area (TPSA) is 42.3 Å². The summed E-state index contributed by atoms with van der Waals surface area (Å²) in [5.41, 5.74) is 5.17. The van der Waals surface area contributed by atoms with Crippen LogP contribution in [0.1, 0.15) is 22.5 Å². The van der Waals surface area contributed by atoms with Crippen LogP contribution in [0.25, 0.3) is 11.8 Å². The predicted molar refractivity (Wildman–Crippen MR) is 109 cm³/mol. The number of hydrogen-bond acceptors (Lipinski definition) is 3. The first-order valence-corrected chi connectivity index (χ1v) is 9.58. The van der Waals surface area contributed by atoms with Crippen LogP contribution in [0.2, 0.25) is 0 Å². The number of carbonyl (C=O) groups excluding carboxylic acids is 2. The van der Waals surface area contributed by atoms with Gasteiger partial charge in [0.05, 0.1) is 11.4 Å². The first kappa shape index (κ1) is 18.6. The highest BCUT2D eigenvalue weighted by Crippen LogP contribution is 2.33. The summed E-state index contributed by atoms with van der Waals surface area (Å²) in [6, 6.07) is 8.19. The molecule has 6 heteroatoms. The Morgan fingerprint density at radius 2 is 1.96 bits per heavy atom. The molecule has 1 aliphatic heterocycles. The fourth-order valence-electron chi connectivity index (χ4n) is 2.97. The molecule has 0 radical (unpaired) electrons. The van der Waals surface area contributed by atoms with Crippen LogP contribution in [0.5, 0.6) is 0 Å². The van der Waals surface area contributed by atoms with Gasteiger partial charge in [-0.25, -0.2) is 0 Å². The fraction of sp³-hybridized carbons (Fsp3) is 0.200. The highest BCUT2D eigenvalue weighted by molar-refractivity contribution is 9.10. The maximum Gasteiger partial charge on any atom is 0.294 e. The number of thioether (sulfide) groups is 1. The molecule has 0 spiro atoms. The van der Waals surface area contributed by atoms with Gasteiger partial charge in [-0.1, -0.05) is 21.9 Å². The summed E-state index contributed by atoms with van der Waals surface area (Å²) in [4.78, 5) is 25.8. The third kappa shape index (κ3) is 3.25. The number of rotatable bonds is 3. The molecule has 2 aromatic rings. The molecule has 1 aliphatic rings. The summed E-state index contributed by atoms with van der Waals surface area (Å²) in [5.74, 6) is 2.02. The predicted octanol–water partition coefficient (Wildman–Crippen LogP) is 4.83. The van der Waals surface area contributed by atoms with Crippen LogP contribution in [-0.4, -0.2) is 27.2 Å². The lowest BCUT2D eigenvalue weighted by atomic mass is 10.2. The zero-order valence-electron chi connectivity index (χ0n) is 14.7. The highest BCUT2D eigenvalue weighted by atomic mass is 79.9. The first-order valence-electron chi connectivity index (χ1n) is 7.97. The van der Waals surface area contributed by atoms with Gasteiger partial charge in [0.2, 0.25) is 0 Å². The molecule has 0 N–H and O–H groups in total. The van der Waals surface area contributed by atoms with Crippen molar-refractivity contribution < 1.29 is 9.59 Å². The molecule has 4 nitrogen and oxygen atoms in total. The number of terminal acetylenes is 1. The zero-order chi connectivity index (χ0) is 19.0. The van der Waals surface area contributed by atoms with Gasteiger partial charge < -0.3 is 4.57 Å². The van der Waals surface area contributed by atoms with Crippen molar-refractivity contribution >= 4 is 44.9 Å². The summed E-state index contributed by atoms with van der Waals surface area (Å²) in [6.45, 7) is 6.07. The molecule has 26 heavy (non-hydrogen) atoms. The van der Waals surface area contributed by atoms with Gasteiger partial charge in [-0.15, -0.1) is 6.42 Å². The molecule has 1 aromatic carbocycles. The lowest BCUT2D eigenvalue weighted by Gasteiger charge is -2.11. The summed E-state index contributed by atoms with van der Waals surface area (Å²) in [5, 5.41) is -0.323. The van der Waals surface area contributed by atoms with E-state index in [2.05, 4.69) is 32.5 Å². The fourth-order valence-corrected chi connectivity index (χ4v) is 4.04. The first-order chi connectivity index (χ1) is 12.3. The van der Waals surface area contributed by atoms with Gasteiger partial charge in [0.25, 0.3) is 11.1 Å². The number of halogens is 1. The van der Waals surface area contributed by atoms with Crippen molar-refractivity contribution in [3.63, 3.8) is 0 Å². The quantitative estimate of drug-likeness (QED) is 0.518. The maximum atomic E-state index is 12.4. The number of carbonyl (C=O) groups is 2. The second-order valence-corrected chi connectivity index (χ2v) is 7.91. The molecule has 0 aliphatic carbocycles. The van der Waals surface area contributed by atoms with Crippen LogP contribution in [0.4, 0.5) is 4.79 Å². The molecule has 0 bridgehead atoms. The minimum atomic E-state index is -0.331. The van der Waals surface area contributed by atoms with Crippen molar-refractivity contribution in [1.29, 1.82) is 0 Å². The average molecular weight is 429 g/mol. The van der Waals surface area contributed by atoms with Crippen molar-refractivity contribution in [2.75, 3.05) is 6.54 Å². The van der Waals surface area contributed by atoms with E-state index in [9.17, 15) is 9.59 Å². The molecule has 2 amide bonds. The molecular formula is C20H17BrN2O2S. The Bertz CT molecular complexity index is 998. The Kier molecular flexibility index (Phi) is 5.12. The minimum absolute atomic E-state index is 0.000795. The Balaban J connectivity index is 2.01. The molecule has 132 valence electrons. The smallest absolute Gasteiger partial charge is 0.294 e. The molecule has 1 saturated heterocycles. The molecule has 0 saturated carbocycles. The third-order valence-corrected chi connectivity index (χ3v) is 6.08.